The van der Waals surface area contributed by atoms with E-state index in [1.807, 2.05) is 6.92 Å². The van der Waals surface area contributed by atoms with Gasteiger partial charge in [0.1, 0.15) is 0 Å². The van der Waals surface area contributed by atoms with Crippen LogP contribution in [0.1, 0.15) is 37.1 Å². The molecule has 0 radical (unpaired) electrons. The van der Waals surface area contributed by atoms with E-state index in [0.717, 1.165) is 5.56 Å². The van der Waals surface area contributed by atoms with Gasteiger partial charge in [-0.25, -0.2) is 0 Å². The van der Waals surface area contributed by atoms with Crippen molar-refractivity contribution in [1.29, 1.82) is 0 Å². The summed E-state index contributed by atoms with van der Waals surface area (Å²) in [5.74, 6) is 0. The molecule has 1 heterocycles. The third-order valence-corrected chi connectivity index (χ3v) is 3.23. The largest absolute Gasteiger partial charge is 0.390 e. The number of pyridine rings is 1. The average molecular weight is 269 g/mol. The molecule has 0 spiro atoms. The van der Waals surface area contributed by atoms with E-state index >= 15 is 0 Å². The Bertz CT molecular complexity index is 477. The van der Waals surface area contributed by atoms with Crippen molar-refractivity contribution in [2.24, 2.45) is 0 Å². The zero-order valence-electron chi connectivity index (χ0n) is 11.2. The molecule has 1 aromatic heterocycles. The number of aromatic nitrogens is 1. The number of alkyl halides is 3. The third kappa shape index (κ3) is 3.69. The highest BCUT2D eigenvalue weighted by Crippen LogP contribution is 2.39. The molecule has 104 valence electrons. The van der Waals surface area contributed by atoms with E-state index in [4.69, 9.17) is 0 Å². The van der Waals surface area contributed by atoms with E-state index < -0.39 is 18.0 Å². The molecule has 4 heteroatoms. The monoisotopic (exact) mass is 269 g/mol. The van der Waals surface area contributed by atoms with Crippen LogP contribution in [0.25, 0.3) is 6.08 Å². The SMILES string of the molecule is C=Cc1cc(C(C)(C=C)CC(F)(F)F)c(CC)cn1. The van der Waals surface area contributed by atoms with Crippen molar-refractivity contribution in [3.05, 3.63) is 48.3 Å². The Morgan fingerprint density at radius 1 is 1.32 bits per heavy atom. The fourth-order valence-corrected chi connectivity index (χ4v) is 2.12. The maximum atomic E-state index is 12.8. The Morgan fingerprint density at radius 2 is 1.95 bits per heavy atom. The Morgan fingerprint density at radius 3 is 2.37 bits per heavy atom. The molecule has 0 N–H and O–H groups in total. The molecule has 0 aliphatic heterocycles. The summed E-state index contributed by atoms with van der Waals surface area (Å²) in [6.45, 7) is 10.6. The van der Waals surface area contributed by atoms with Crippen LogP contribution in [0.15, 0.2) is 31.5 Å². The highest BCUT2D eigenvalue weighted by Gasteiger charge is 2.39. The lowest BCUT2D eigenvalue weighted by Gasteiger charge is -2.29. The number of aryl methyl sites for hydroxylation is 1. The molecule has 0 amide bonds. The molecule has 1 nitrogen and oxygen atoms in total. The van der Waals surface area contributed by atoms with Crippen LogP contribution in [0.4, 0.5) is 13.2 Å². The van der Waals surface area contributed by atoms with Crippen LogP contribution in [0, 0.1) is 0 Å². The smallest absolute Gasteiger partial charge is 0.257 e. The van der Waals surface area contributed by atoms with Crippen LogP contribution in [0.5, 0.6) is 0 Å². The Kier molecular flexibility index (Phi) is 4.56. The molecule has 0 bridgehead atoms. The van der Waals surface area contributed by atoms with Gasteiger partial charge in [-0.05, 0) is 29.7 Å². The van der Waals surface area contributed by atoms with E-state index in [-0.39, 0.29) is 0 Å². The van der Waals surface area contributed by atoms with Crippen LogP contribution >= 0.6 is 0 Å². The standard InChI is InChI=1S/C15H18F3N/c1-5-11-9-19-12(6-2)8-13(11)14(4,7-3)10-15(16,17)18/h6-9H,2-3,5,10H2,1,4H3. The number of hydrogen-bond acceptors (Lipinski definition) is 1. The molecule has 1 atom stereocenters. The van der Waals surface area contributed by atoms with Gasteiger partial charge < -0.3 is 0 Å². The van der Waals surface area contributed by atoms with Gasteiger partial charge in [-0.15, -0.1) is 6.58 Å². The van der Waals surface area contributed by atoms with Crippen molar-refractivity contribution in [2.45, 2.75) is 38.3 Å². The first-order valence-corrected chi connectivity index (χ1v) is 6.08. The van der Waals surface area contributed by atoms with Crippen LogP contribution in [0.2, 0.25) is 0 Å². The van der Waals surface area contributed by atoms with Gasteiger partial charge in [-0.3, -0.25) is 4.98 Å². The minimum Gasteiger partial charge on any atom is -0.257 e. The van der Waals surface area contributed by atoms with Gasteiger partial charge in [0.15, 0.2) is 0 Å². The molecule has 0 saturated heterocycles. The van der Waals surface area contributed by atoms with Gasteiger partial charge in [0.05, 0.1) is 12.1 Å². The molecular weight excluding hydrogens is 251 g/mol. The lowest BCUT2D eigenvalue weighted by atomic mass is 9.77. The summed E-state index contributed by atoms with van der Waals surface area (Å²) in [6.07, 6.45) is -0.0456. The van der Waals surface area contributed by atoms with Crippen LogP contribution in [0.3, 0.4) is 0 Å². The number of nitrogens with zero attached hydrogens (tertiary/aromatic N) is 1. The van der Waals surface area contributed by atoms with E-state index in [2.05, 4.69) is 18.1 Å². The van der Waals surface area contributed by atoms with E-state index in [1.54, 1.807) is 19.2 Å². The molecule has 1 rings (SSSR count). The van der Waals surface area contributed by atoms with Crippen LogP contribution < -0.4 is 0 Å². The van der Waals surface area contributed by atoms with Crippen molar-refractivity contribution >= 4 is 6.08 Å². The number of halogens is 3. The second-order valence-corrected chi connectivity index (χ2v) is 4.74. The predicted octanol–water partition coefficient (Wildman–Crippen LogP) is 4.68. The molecule has 0 aromatic carbocycles. The maximum Gasteiger partial charge on any atom is 0.390 e. The van der Waals surface area contributed by atoms with Crippen molar-refractivity contribution in [1.82, 2.24) is 4.98 Å². The molecule has 1 aromatic rings. The molecule has 0 aliphatic carbocycles. The summed E-state index contributed by atoms with van der Waals surface area (Å²) in [7, 11) is 0. The number of rotatable bonds is 5. The summed E-state index contributed by atoms with van der Waals surface area (Å²) in [4.78, 5) is 4.14. The highest BCUT2D eigenvalue weighted by molar-refractivity contribution is 5.47. The molecular formula is C15H18F3N. The lowest BCUT2D eigenvalue weighted by Crippen LogP contribution is -2.28. The molecule has 0 saturated carbocycles. The summed E-state index contributed by atoms with van der Waals surface area (Å²) in [6, 6.07) is 1.67. The van der Waals surface area contributed by atoms with E-state index in [1.165, 1.54) is 12.2 Å². The zero-order chi connectivity index (χ0) is 14.7. The van der Waals surface area contributed by atoms with Crippen LogP contribution in [-0.4, -0.2) is 11.2 Å². The molecule has 19 heavy (non-hydrogen) atoms. The maximum absolute atomic E-state index is 12.8. The summed E-state index contributed by atoms with van der Waals surface area (Å²) in [5.41, 5.74) is 0.844. The van der Waals surface area contributed by atoms with Crippen molar-refractivity contribution in [3.8, 4) is 0 Å². The quantitative estimate of drug-likeness (QED) is 0.707. The highest BCUT2D eigenvalue weighted by atomic mass is 19.4. The predicted molar refractivity (Wildman–Crippen MR) is 71.9 cm³/mol. The first-order chi connectivity index (χ1) is 8.75. The first-order valence-electron chi connectivity index (χ1n) is 6.08. The number of allylic oxidation sites excluding steroid dienone is 1. The first kappa shape index (κ1) is 15.5. The summed E-state index contributed by atoms with van der Waals surface area (Å²) in [5, 5.41) is 0. The van der Waals surface area contributed by atoms with E-state index in [0.29, 0.717) is 17.7 Å². The lowest BCUT2D eigenvalue weighted by molar-refractivity contribution is -0.143. The van der Waals surface area contributed by atoms with Gasteiger partial charge in [0.25, 0.3) is 0 Å². The van der Waals surface area contributed by atoms with Gasteiger partial charge >= 0.3 is 6.18 Å². The van der Waals surface area contributed by atoms with Crippen molar-refractivity contribution < 1.29 is 13.2 Å². The minimum atomic E-state index is -4.24. The second kappa shape index (κ2) is 5.59. The van der Waals surface area contributed by atoms with E-state index in [9.17, 15) is 13.2 Å². The second-order valence-electron chi connectivity index (χ2n) is 4.74. The molecule has 0 fully saturated rings. The molecule has 1 unspecified atom stereocenters. The fraction of sp³-hybridized carbons (Fsp3) is 0.400. The van der Waals surface area contributed by atoms with Gasteiger partial charge in [0, 0.05) is 11.6 Å². The van der Waals surface area contributed by atoms with Crippen molar-refractivity contribution in [3.63, 3.8) is 0 Å². The normalized spacial score (nSPS) is 14.8. The Hall–Kier alpha value is -1.58. The Balaban J connectivity index is 3.37. The average Bonchev–Trinajstić information content (AvgIpc) is 2.35. The topological polar surface area (TPSA) is 12.9 Å². The summed E-state index contributed by atoms with van der Waals surface area (Å²) >= 11 is 0. The minimum absolute atomic E-state index is 0.572. The Labute approximate surface area is 111 Å². The fourth-order valence-electron chi connectivity index (χ4n) is 2.12. The zero-order valence-corrected chi connectivity index (χ0v) is 11.2. The van der Waals surface area contributed by atoms with Gasteiger partial charge in [0.2, 0.25) is 0 Å². The molecule has 0 aliphatic rings. The van der Waals surface area contributed by atoms with Crippen molar-refractivity contribution in [2.75, 3.05) is 0 Å². The van der Waals surface area contributed by atoms with Gasteiger partial charge in [-0.1, -0.05) is 26.5 Å². The third-order valence-electron chi connectivity index (χ3n) is 3.23. The number of hydrogen-bond donors (Lipinski definition) is 0. The summed E-state index contributed by atoms with van der Waals surface area (Å²) < 4.78 is 38.3. The van der Waals surface area contributed by atoms with Crippen LogP contribution in [-0.2, 0) is 11.8 Å². The van der Waals surface area contributed by atoms with Gasteiger partial charge in [-0.2, -0.15) is 13.2 Å².